The van der Waals surface area contributed by atoms with Gasteiger partial charge in [-0.25, -0.2) is 3.63 Å². The minimum absolute atomic E-state index is 0.0240. The standard InChI is InChI=1S/C16H13F7O3S2/c1-27(12-8-4-2-5-9-12,13-10-6-3-7-11-13)26-28(24,25)16(22,23)14(17,18)15(19,20)21/h2-11H,1H3. The molecule has 12 heteroatoms. The molecule has 0 atom stereocenters. The third kappa shape index (κ3) is 3.72. The van der Waals surface area contributed by atoms with Crippen molar-refractivity contribution in [3.8, 4) is 0 Å². The first-order valence-corrected chi connectivity index (χ1v) is 10.7. The molecule has 0 fully saturated rings. The maximum Gasteiger partial charge on any atom is 0.461 e. The molecule has 0 saturated carbocycles. The van der Waals surface area contributed by atoms with Crippen molar-refractivity contribution in [1.29, 1.82) is 0 Å². The Morgan fingerprint density at radius 1 is 0.714 bits per heavy atom. The van der Waals surface area contributed by atoms with Gasteiger partial charge in [-0.3, -0.25) is 0 Å². The molecule has 2 rings (SSSR count). The van der Waals surface area contributed by atoms with Gasteiger partial charge in [0.25, 0.3) is 0 Å². The topological polar surface area (TPSA) is 43.4 Å². The van der Waals surface area contributed by atoms with Crippen LogP contribution in [-0.4, -0.2) is 32.0 Å². The number of benzene rings is 2. The zero-order valence-electron chi connectivity index (χ0n) is 14.0. The molecule has 156 valence electrons. The Balaban J connectivity index is 2.62. The summed E-state index contributed by atoms with van der Waals surface area (Å²) in [5, 5.41) is -6.55. The van der Waals surface area contributed by atoms with Gasteiger partial charge < -0.3 is 0 Å². The number of halogens is 7. The summed E-state index contributed by atoms with van der Waals surface area (Å²) in [6.45, 7) is 0. The van der Waals surface area contributed by atoms with E-state index in [1.54, 1.807) is 0 Å². The third-order valence-corrected chi connectivity index (χ3v) is 8.68. The van der Waals surface area contributed by atoms with Crippen LogP contribution in [0.4, 0.5) is 30.7 Å². The first-order chi connectivity index (χ1) is 12.7. The highest BCUT2D eigenvalue weighted by Crippen LogP contribution is 2.63. The van der Waals surface area contributed by atoms with Crippen molar-refractivity contribution in [1.82, 2.24) is 0 Å². The Morgan fingerprint density at radius 3 is 1.39 bits per heavy atom. The molecule has 0 unspecified atom stereocenters. The van der Waals surface area contributed by atoms with E-state index in [4.69, 9.17) is 0 Å². The Kier molecular flexibility index (Phi) is 5.81. The van der Waals surface area contributed by atoms with Gasteiger partial charge in [-0.15, -0.1) is 0 Å². The van der Waals surface area contributed by atoms with Gasteiger partial charge in [-0.2, -0.15) is 39.2 Å². The van der Waals surface area contributed by atoms with Gasteiger partial charge in [0.05, 0.1) is 0 Å². The van der Waals surface area contributed by atoms with Crippen LogP contribution in [0.3, 0.4) is 0 Å². The summed E-state index contributed by atoms with van der Waals surface area (Å²) >= 11 is 0. The van der Waals surface area contributed by atoms with E-state index in [0.717, 1.165) is 6.26 Å². The summed E-state index contributed by atoms with van der Waals surface area (Å²) in [6, 6.07) is 13.8. The van der Waals surface area contributed by atoms with Crippen LogP contribution < -0.4 is 0 Å². The highest BCUT2D eigenvalue weighted by molar-refractivity contribution is 8.32. The van der Waals surface area contributed by atoms with Crippen LogP contribution in [0.15, 0.2) is 70.5 Å². The third-order valence-electron chi connectivity index (χ3n) is 3.65. The van der Waals surface area contributed by atoms with Crippen LogP contribution in [0.1, 0.15) is 0 Å². The van der Waals surface area contributed by atoms with E-state index < -0.39 is 37.8 Å². The predicted octanol–water partition coefficient (Wildman–Crippen LogP) is 5.59. The average Bonchev–Trinajstić information content (AvgIpc) is 2.61. The van der Waals surface area contributed by atoms with Crippen molar-refractivity contribution in [2.45, 2.75) is 27.1 Å². The SMILES string of the molecule is CS(OS(=O)(=O)C(F)(F)C(F)(F)C(F)(F)F)(c1ccccc1)c1ccccc1. The molecule has 0 bridgehead atoms. The van der Waals surface area contributed by atoms with Crippen LogP contribution in [0, 0.1) is 0 Å². The lowest BCUT2D eigenvalue weighted by atomic mass is 10.3. The molecule has 0 heterocycles. The van der Waals surface area contributed by atoms with Crippen LogP contribution in [-0.2, 0) is 13.7 Å². The van der Waals surface area contributed by atoms with Crippen LogP contribution >= 0.6 is 10.3 Å². The summed E-state index contributed by atoms with van der Waals surface area (Å²) < 4.78 is 120. The zero-order valence-corrected chi connectivity index (χ0v) is 15.6. The summed E-state index contributed by atoms with van der Waals surface area (Å²) in [6.07, 6.45) is -5.75. The molecule has 0 aliphatic rings. The van der Waals surface area contributed by atoms with Crippen LogP contribution in [0.25, 0.3) is 0 Å². The molecule has 2 aromatic rings. The van der Waals surface area contributed by atoms with E-state index >= 15 is 0 Å². The molecular formula is C16H13F7O3S2. The molecular weight excluding hydrogens is 437 g/mol. The van der Waals surface area contributed by atoms with E-state index in [1.165, 1.54) is 60.7 Å². The number of alkyl halides is 7. The maximum absolute atomic E-state index is 13.9. The second-order valence-corrected chi connectivity index (χ2v) is 10.2. The Labute approximate surface area is 157 Å². The maximum atomic E-state index is 13.9. The highest BCUT2D eigenvalue weighted by atomic mass is 32.3. The molecule has 0 N–H and O–H groups in total. The van der Waals surface area contributed by atoms with Gasteiger partial charge in [0, 0.05) is 9.79 Å². The highest BCUT2D eigenvalue weighted by Gasteiger charge is 2.79. The van der Waals surface area contributed by atoms with Crippen molar-refractivity contribution < 1.29 is 42.8 Å². The lowest BCUT2D eigenvalue weighted by Crippen LogP contribution is -2.56. The van der Waals surface area contributed by atoms with E-state index in [2.05, 4.69) is 3.63 Å². The smallest absolute Gasteiger partial charge is 0.207 e. The molecule has 0 aromatic heterocycles. The summed E-state index contributed by atoms with van der Waals surface area (Å²) in [5.41, 5.74) is 0. The first kappa shape index (κ1) is 22.5. The fraction of sp³-hybridized carbons (Fsp3) is 0.250. The molecule has 2 aromatic carbocycles. The molecule has 3 nitrogen and oxygen atoms in total. The fourth-order valence-electron chi connectivity index (χ4n) is 2.12. The van der Waals surface area contributed by atoms with Gasteiger partial charge in [-0.1, -0.05) is 46.7 Å². The summed E-state index contributed by atoms with van der Waals surface area (Å²) in [5.74, 6) is -6.85. The monoisotopic (exact) mass is 450 g/mol. The predicted molar refractivity (Wildman–Crippen MR) is 88.9 cm³/mol. The van der Waals surface area contributed by atoms with Crippen molar-refractivity contribution >= 4 is 20.4 Å². The summed E-state index contributed by atoms with van der Waals surface area (Å²) in [7, 11) is -10.1. The lowest BCUT2D eigenvalue weighted by Gasteiger charge is -2.37. The number of hydrogen-bond donors (Lipinski definition) is 0. The second-order valence-electron chi connectivity index (χ2n) is 5.58. The number of hydrogen-bond acceptors (Lipinski definition) is 3. The minimum atomic E-state index is -6.85. The van der Waals surface area contributed by atoms with E-state index in [1.807, 2.05) is 0 Å². The van der Waals surface area contributed by atoms with Crippen molar-refractivity contribution in [2.24, 2.45) is 0 Å². The summed E-state index contributed by atoms with van der Waals surface area (Å²) in [4.78, 5) is 0.0480. The van der Waals surface area contributed by atoms with Crippen molar-refractivity contribution in [3.63, 3.8) is 0 Å². The quantitative estimate of drug-likeness (QED) is 0.539. The molecule has 0 saturated heterocycles. The Hall–Kier alpha value is -1.79. The van der Waals surface area contributed by atoms with Crippen LogP contribution in [0.5, 0.6) is 0 Å². The van der Waals surface area contributed by atoms with Gasteiger partial charge in [0.1, 0.15) is 0 Å². The zero-order chi connectivity index (χ0) is 21.4. The fourth-order valence-corrected chi connectivity index (χ4v) is 6.58. The van der Waals surface area contributed by atoms with Gasteiger partial charge in [-0.05, 0) is 30.5 Å². The van der Waals surface area contributed by atoms with Gasteiger partial charge in [0.2, 0.25) is 0 Å². The molecule has 0 aliphatic carbocycles. The molecule has 0 radical (unpaired) electrons. The van der Waals surface area contributed by atoms with Gasteiger partial charge >= 0.3 is 27.5 Å². The normalized spacial score (nSPS) is 14.7. The van der Waals surface area contributed by atoms with Crippen molar-refractivity contribution in [3.05, 3.63) is 60.7 Å². The average molecular weight is 450 g/mol. The molecule has 0 amide bonds. The Bertz CT molecular complexity index is 875. The van der Waals surface area contributed by atoms with E-state index in [9.17, 15) is 39.2 Å². The minimum Gasteiger partial charge on any atom is -0.207 e. The van der Waals surface area contributed by atoms with Crippen molar-refractivity contribution in [2.75, 3.05) is 6.26 Å². The van der Waals surface area contributed by atoms with Gasteiger partial charge in [0.15, 0.2) is 0 Å². The van der Waals surface area contributed by atoms with Crippen LogP contribution in [0.2, 0.25) is 0 Å². The molecule has 0 spiro atoms. The van der Waals surface area contributed by atoms with E-state index in [-0.39, 0.29) is 9.79 Å². The second kappa shape index (κ2) is 7.23. The Morgan fingerprint density at radius 2 is 1.07 bits per heavy atom. The molecule has 0 aliphatic heterocycles. The van der Waals surface area contributed by atoms with E-state index in [0.29, 0.717) is 0 Å². The first-order valence-electron chi connectivity index (χ1n) is 7.33. The lowest BCUT2D eigenvalue weighted by molar-refractivity contribution is -0.333. The molecule has 28 heavy (non-hydrogen) atoms. The largest absolute Gasteiger partial charge is 0.461 e. The number of rotatable bonds is 6.